The molecule has 5 nitrogen and oxygen atoms in total. The number of aliphatic hydroxyl groups is 3. The van der Waals surface area contributed by atoms with E-state index in [2.05, 4.69) is 6.92 Å². The summed E-state index contributed by atoms with van der Waals surface area (Å²) in [4.78, 5) is 24.3. The van der Waals surface area contributed by atoms with E-state index in [0.29, 0.717) is 19.3 Å². The van der Waals surface area contributed by atoms with E-state index in [0.717, 1.165) is 25.7 Å². The molecule has 0 heterocycles. The van der Waals surface area contributed by atoms with Gasteiger partial charge in [-0.3, -0.25) is 9.59 Å². The normalized spacial score (nSPS) is 50.5. The van der Waals surface area contributed by atoms with E-state index in [1.165, 1.54) is 5.57 Å². The van der Waals surface area contributed by atoms with Gasteiger partial charge in [0.05, 0.1) is 6.10 Å². The molecule has 0 aromatic rings. The minimum atomic E-state index is -1.54. The highest BCUT2D eigenvalue weighted by Gasteiger charge is 2.68. The van der Waals surface area contributed by atoms with Gasteiger partial charge in [-0.1, -0.05) is 19.4 Å². The number of hydrogen-bond donors (Lipinski definition) is 3. The van der Waals surface area contributed by atoms with Crippen LogP contribution in [-0.4, -0.2) is 45.2 Å². The highest BCUT2D eigenvalue weighted by Crippen LogP contribution is 2.67. The zero-order chi connectivity index (χ0) is 18.9. The number of carbonyl (C=O) groups excluding carboxylic acids is 2. The largest absolute Gasteiger partial charge is 0.393 e. The van der Waals surface area contributed by atoms with E-state index in [1.807, 2.05) is 6.92 Å². The number of hydrogen-bond acceptors (Lipinski definition) is 5. The predicted molar refractivity (Wildman–Crippen MR) is 95.1 cm³/mol. The monoisotopic (exact) mass is 362 g/mol. The fourth-order valence-corrected chi connectivity index (χ4v) is 7.28. The molecule has 4 aliphatic rings. The summed E-state index contributed by atoms with van der Waals surface area (Å²) in [5.74, 6) is 0.140. The van der Waals surface area contributed by atoms with Crippen molar-refractivity contribution in [3.05, 3.63) is 11.6 Å². The Morgan fingerprint density at radius 2 is 1.96 bits per heavy atom. The van der Waals surface area contributed by atoms with Crippen molar-refractivity contribution in [1.29, 1.82) is 0 Å². The number of allylic oxidation sites excluding steroid dienone is 1. The average molecular weight is 362 g/mol. The van der Waals surface area contributed by atoms with Crippen LogP contribution in [0, 0.1) is 28.6 Å². The van der Waals surface area contributed by atoms with Crippen LogP contribution in [0.15, 0.2) is 11.6 Å². The molecule has 7 atom stereocenters. The van der Waals surface area contributed by atoms with Crippen molar-refractivity contribution < 1.29 is 24.9 Å². The first-order chi connectivity index (χ1) is 12.2. The highest BCUT2D eigenvalue weighted by molar-refractivity contribution is 5.91. The molecule has 0 saturated heterocycles. The van der Waals surface area contributed by atoms with E-state index < -0.39 is 29.5 Å². The summed E-state index contributed by atoms with van der Waals surface area (Å²) >= 11 is 0. The maximum absolute atomic E-state index is 12.4. The molecule has 5 heteroatoms. The molecule has 0 aliphatic heterocycles. The van der Waals surface area contributed by atoms with E-state index >= 15 is 0 Å². The van der Waals surface area contributed by atoms with Crippen LogP contribution >= 0.6 is 0 Å². The fourth-order valence-electron chi connectivity index (χ4n) is 7.28. The molecule has 4 rings (SSSR count). The van der Waals surface area contributed by atoms with E-state index in [4.69, 9.17) is 0 Å². The van der Waals surface area contributed by atoms with Gasteiger partial charge >= 0.3 is 0 Å². The molecule has 0 aromatic heterocycles. The Morgan fingerprint density at radius 3 is 2.65 bits per heavy atom. The number of Topliss-reactive ketones (excluding diaryl/α,β-unsaturated/α-hetero) is 1. The standard InChI is InChI=1S/C21H30O5/c1-19-7-5-13(23)9-12(19)3-4-14-15-6-8-21(26,17(25)11-22)20(15,2)10-16(24)18(14)19/h9,14-16,18,22,24,26H,3-8,10-11H2,1-2H3/t14-,15+,16-,18-,19-,20-,21-/m0/s1. The molecule has 3 N–H and O–H groups in total. The molecule has 4 aliphatic carbocycles. The summed E-state index contributed by atoms with van der Waals surface area (Å²) in [6.07, 6.45) is 5.74. The Morgan fingerprint density at radius 1 is 1.23 bits per heavy atom. The van der Waals surface area contributed by atoms with Crippen molar-refractivity contribution in [1.82, 2.24) is 0 Å². The van der Waals surface area contributed by atoms with Gasteiger partial charge in [0.25, 0.3) is 0 Å². The first-order valence-corrected chi connectivity index (χ1v) is 9.96. The van der Waals surface area contributed by atoms with Gasteiger partial charge in [-0.05, 0) is 67.8 Å². The molecule has 0 unspecified atom stereocenters. The van der Waals surface area contributed by atoms with Crippen molar-refractivity contribution in [2.75, 3.05) is 6.61 Å². The van der Waals surface area contributed by atoms with Gasteiger partial charge in [0.1, 0.15) is 12.2 Å². The van der Waals surface area contributed by atoms with Crippen LogP contribution in [0.25, 0.3) is 0 Å². The average Bonchev–Trinajstić information content (AvgIpc) is 2.86. The van der Waals surface area contributed by atoms with Crippen LogP contribution in [-0.2, 0) is 9.59 Å². The molecule has 26 heavy (non-hydrogen) atoms. The van der Waals surface area contributed by atoms with Gasteiger partial charge in [0, 0.05) is 11.8 Å². The third-order valence-corrected chi connectivity index (χ3v) is 8.65. The summed E-state index contributed by atoms with van der Waals surface area (Å²) in [5, 5.41) is 31.7. The minimum Gasteiger partial charge on any atom is -0.393 e. The lowest BCUT2D eigenvalue weighted by molar-refractivity contribution is -0.182. The quantitative estimate of drug-likeness (QED) is 0.696. The van der Waals surface area contributed by atoms with Crippen molar-refractivity contribution in [2.45, 2.75) is 70.5 Å². The van der Waals surface area contributed by atoms with Gasteiger partial charge in [-0.25, -0.2) is 0 Å². The maximum Gasteiger partial charge on any atom is 0.190 e. The lowest BCUT2D eigenvalue weighted by Gasteiger charge is -2.60. The zero-order valence-corrected chi connectivity index (χ0v) is 15.7. The first kappa shape index (κ1) is 18.3. The van der Waals surface area contributed by atoms with Crippen molar-refractivity contribution in [3.63, 3.8) is 0 Å². The highest BCUT2D eigenvalue weighted by atomic mass is 16.3. The number of rotatable bonds is 2. The Labute approximate surface area is 154 Å². The van der Waals surface area contributed by atoms with E-state index in [-0.39, 0.29) is 29.0 Å². The van der Waals surface area contributed by atoms with Gasteiger partial charge in [0.15, 0.2) is 11.6 Å². The van der Waals surface area contributed by atoms with Crippen molar-refractivity contribution in [3.8, 4) is 0 Å². The summed E-state index contributed by atoms with van der Waals surface area (Å²) in [6.45, 7) is 3.46. The fraction of sp³-hybridized carbons (Fsp3) is 0.810. The van der Waals surface area contributed by atoms with Crippen LogP contribution in [0.1, 0.15) is 58.8 Å². The molecular formula is C21H30O5. The zero-order valence-electron chi connectivity index (χ0n) is 15.7. The SMILES string of the molecule is C[C@]12CCC(=O)C=C1CC[C@@H]1[C@H]2[C@@H](O)C[C@@]2(C)[C@@H]1CC[C@]2(O)C(=O)CO. The second kappa shape index (κ2) is 5.73. The van der Waals surface area contributed by atoms with Gasteiger partial charge in [0.2, 0.25) is 0 Å². The first-order valence-electron chi connectivity index (χ1n) is 9.96. The Bertz CT molecular complexity index is 684. The molecular weight excluding hydrogens is 332 g/mol. The second-order valence-corrected chi connectivity index (χ2v) is 9.56. The van der Waals surface area contributed by atoms with Crippen LogP contribution in [0.3, 0.4) is 0 Å². The molecule has 144 valence electrons. The molecule has 0 radical (unpaired) electrons. The van der Waals surface area contributed by atoms with Crippen LogP contribution in [0.4, 0.5) is 0 Å². The smallest absolute Gasteiger partial charge is 0.190 e. The molecule has 0 spiro atoms. The summed E-state index contributed by atoms with van der Waals surface area (Å²) in [5.41, 5.74) is -1.23. The Hall–Kier alpha value is -1.04. The van der Waals surface area contributed by atoms with E-state index in [9.17, 15) is 24.9 Å². The van der Waals surface area contributed by atoms with Crippen molar-refractivity contribution in [2.24, 2.45) is 28.6 Å². The summed E-state index contributed by atoms with van der Waals surface area (Å²) in [7, 11) is 0. The maximum atomic E-state index is 12.4. The van der Waals surface area contributed by atoms with Gasteiger partial charge < -0.3 is 15.3 Å². The predicted octanol–water partition coefficient (Wildman–Crippen LogP) is 1.78. The summed E-state index contributed by atoms with van der Waals surface area (Å²) < 4.78 is 0. The second-order valence-electron chi connectivity index (χ2n) is 9.56. The van der Waals surface area contributed by atoms with Gasteiger partial charge in [-0.15, -0.1) is 0 Å². The lowest BCUT2D eigenvalue weighted by atomic mass is 9.45. The molecule has 0 bridgehead atoms. The van der Waals surface area contributed by atoms with Crippen molar-refractivity contribution >= 4 is 11.6 Å². The Kier molecular flexibility index (Phi) is 4.04. The lowest BCUT2D eigenvalue weighted by Crippen LogP contribution is -2.62. The molecule has 0 amide bonds. The minimum absolute atomic E-state index is 0.0697. The van der Waals surface area contributed by atoms with Crippen LogP contribution < -0.4 is 0 Å². The third-order valence-electron chi connectivity index (χ3n) is 8.65. The third kappa shape index (κ3) is 2.14. The number of ketones is 2. The topological polar surface area (TPSA) is 94.8 Å². The van der Waals surface area contributed by atoms with Gasteiger partial charge in [-0.2, -0.15) is 0 Å². The number of carbonyl (C=O) groups is 2. The number of aliphatic hydroxyl groups excluding tert-OH is 2. The molecule has 3 saturated carbocycles. The molecule has 3 fully saturated rings. The Balaban J connectivity index is 1.74. The summed E-state index contributed by atoms with van der Waals surface area (Å²) in [6, 6.07) is 0. The van der Waals surface area contributed by atoms with Crippen LogP contribution in [0.5, 0.6) is 0 Å². The number of fused-ring (bicyclic) bond motifs is 5. The van der Waals surface area contributed by atoms with E-state index in [1.54, 1.807) is 6.08 Å². The van der Waals surface area contributed by atoms with Crippen LogP contribution in [0.2, 0.25) is 0 Å². The molecule has 0 aromatic carbocycles.